The fourth-order valence-electron chi connectivity index (χ4n) is 2.89. The van der Waals surface area contributed by atoms with Crippen LogP contribution in [0.5, 0.6) is 0 Å². The number of rotatable bonds is 14. The maximum Gasteiger partial charge on any atom is 0.240 e. The summed E-state index contributed by atoms with van der Waals surface area (Å²) in [5.74, 6) is 0.647. The topological polar surface area (TPSA) is 126 Å². The molecule has 2 rings (SSSR count). The number of nitrogens with two attached hydrogens (primary N) is 1. The Balaban J connectivity index is 1.81. The molecule has 0 aliphatic heterocycles. The molecule has 168 valence electrons. The van der Waals surface area contributed by atoms with Crippen molar-refractivity contribution in [1.82, 2.24) is 9.88 Å². The first-order valence-electron chi connectivity index (χ1n) is 9.83. The largest absolute Gasteiger partial charge is 0.378 e. The molecule has 0 atom stereocenters. The van der Waals surface area contributed by atoms with Crippen LogP contribution in [0.15, 0.2) is 27.6 Å². The molecule has 1 aromatic carbocycles. The Bertz CT molecular complexity index is 878. The van der Waals surface area contributed by atoms with Gasteiger partial charge in [0.25, 0.3) is 0 Å². The van der Waals surface area contributed by atoms with Gasteiger partial charge in [0.05, 0.1) is 50.2 Å². The van der Waals surface area contributed by atoms with Gasteiger partial charge in [-0.3, -0.25) is 0 Å². The lowest BCUT2D eigenvalue weighted by Crippen LogP contribution is -2.28. The third kappa shape index (κ3) is 7.15. The monoisotopic (exact) mass is 441 g/mol. The maximum atomic E-state index is 12.8. The van der Waals surface area contributed by atoms with Crippen molar-refractivity contribution < 1.29 is 27.2 Å². The molecule has 2 aromatic rings. The van der Waals surface area contributed by atoms with Crippen LogP contribution >= 0.6 is 0 Å². The van der Waals surface area contributed by atoms with E-state index in [-0.39, 0.29) is 18.0 Å². The van der Waals surface area contributed by atoms with E-state index < -0.39 is 10.0 Å². The lowest BCUT2D eigenvalue weighted by Gasteiger charge is -2.12. The molecule has 1 heterocycles. The number of aryl methyl sites for hydroxylation is 3. The van der Waals surface area contributed by atoms with Gasteiger partial charge in [0.2, 0.25) is 10.0 Å². The predicted molar refractivity (Wildman–Crippen MR) is 113 cm³/mol. The van der Waals surface area contributed by atoms with Crippen LogP contribution in [0, 0.1) is 20.8 Å². The third-order valence-corrected chi connectivity index (χ3v) is 5.95. The van der Waals surface area contributed by atoms with E-state index in [4.69, 9.17) is 24.5 Å². The smallest absolute Gasteiger partial charge is 0.240 e. The second-order valence-electron chi connectivity index (χ2n) is 6.70. The Hall–Kier alpha value is -1.82. The molecule has 1 aromatic heterocycles. The zero-order chi connectivity index (χ0) is 22.0. The molecule has 0 saturated carbocycles. The molecule has 0 aliphatic rings. The molecule has 3 N–H and O–H groups in total. The molecule has 9 nitrogen and oxygen atoms in total. The normalized spacial score (nSPS) is 11.9. The van der Waals surface area contributed by atoms with Gasteiger partial charge in [-0.05, 0) is 38.0 Å². The molecular weight excluding hydrogens is 410 g/mol. The molecular formula is C20H31N3O6S. The summed E-state index contributed by atoms with van der Waals surface area (Å²) in [6.45, 7) is 8.55. The number of hydrogen-bond donors (Lipinski definition) is 2. The Morgan fingerprint density at radius 2 is 1.63 bits per heavy atom. The lowest BCUT2D eigenvalue weighted by atomic mass is 10.0. The van der Waals surface area contributed by atoms with Gasteiger partial charge >= 0.3 is 0 Å². The quantitative estimate of drug-likeness (QED) is 0.423. The van der Waals surface area contributed by atoms with E-state index in [1.807, 2.05) is 13.0 Å². The highest BCUT2D eigenvalue weighted by atomic mass is 32.2. The number of sulfonamides is 1. The molecule has 0 unspecified atom stereocenters. The standard InChI is InChI=1S/C20H31N3O6S/c1-15-4-5-18(20-16(2)23-29-17(20)3)14-19(15)30(24,25)22-7-9-27-11-13-28-12-10-26-8-6-21/h4-5,14,22H,6-13,21H2,1-3H3. The van der Waals surface area contributed by atoms with Crippen LogP contribution in [0.2, 0.25) is 0 Å². The van der Waals surface area contributed by atoms with E-state index in [2.05, 4.69) is 9.88 Å². The summed E-state index contributed by atoms with van der Waals surface area (Å²) >= 11 is 0. The van der Waals surface area contributed by atoms with Crippen LogP contribution in [0.25, 0.3) is 11.1 Å². The van der Waals surface area contributed by atoms with Gasteiger partial charge in [0.15, 0.2) is 0 Å². The van der Waals surface area contributed by atoms with Gasteiger partial charge in [-0.25, -0.2) is 13.1 Å². The van der Waals surface area contributed by atoms with Crippen molar-refractivity contribution in [3.63, 3.8) is 0 Å². The van der Waals surface area contributed by atoms with Crippen molar-refractivity contribution in [2.45, 2.75) is 25.7 Å². The molecule has 0 saturated heterocycles. The lowest BCUT2D eigenvalue weighted by molar-refractivity contribution is 0.0171. The van der Waals surface area contributed by atoms with Crippen LogP contribution in [-0.4, -0.2) is 66.3 Å². The van der Waals surface area contributed by atoms with E-state index in [1.54, 1.807) is 26.0 Å². The minimum absolute atomic E-state index is 0.164. The minimum atomic E-state index is -3.68. The summed E-state index contributed by atoms with van der Waals surface area (Å²) < 4.78 is 49.2. The van der Waals surface area contributed by atoms with E-state index in [1.165, 1.54) is 0 Å². The second kappa shape index (κ2) is 12.1. The molecule has 0 amide bonds. The van der Waals surface area contributed by atoms with E-state index in [0.29, 0.717) is 56.6 Å². The predicted octanol–water partition coefficient (Wildman–Crippen LogP) is 1.55. The number of benzene rings is 1. The van der Waals surface area contributed by atoms with Crippen molar-refractivity contribution >= 4 is 10.0 Å². The summed E-state index contributed by atoms with van der Waals surface area (Å²) in [6.07, 6.45) is 0. The molecule has 0 radical (unpaired) electrons. The Labute approximate surface area is 177 Å². The Morgan fingerprint density at radius 1 is 1.00 bits per heavy atom. The summed E-state index contributed by atoms with van der Waals surface area (Å²) in [4.78, 5) is 0.223. The first kappa shape index (κ1) is 24.4. The highest BCUT2D eigenvalue weighted by Gasteiger charge is 2.19. The van der Waals surface area contributed by atoms with Gasteiger partial charge in [-0.2, -0.15) is 0 Å². The molecule has 30 heavy (non-hydrogen) atoms. The molecule has 0 spiro atoms. The minimum Gasteiger partial charge on any atom is -0.378 e. The van der Waals surface area contributed by atoms with Crippen molar-refractivity contribution in [1.29, 1.82) is 0 Å². The van der Waals surface area contributed by atoms with Crippen molar-refractivity contribution in [3.05, 3.63) is 35.2 Å². The molecule has 10 heteroatoms. The molecule has 0 bridgehead atoms. The van der Waals surface area contributed by atoms with Crippen molar-refractivity contribution in [2.75, 3.05) is 52.7 Å². The zero-order valence-electron chi connectivity index (χ0n) is 17.8. The number of hydrogen-bond acceptors (Lipinski definition) is 8. The van der Waals surface area contributed by atoms with Crippen LogP contribution in [0.4, 0.5) is 0 Å². The SMILES string of the molecule is Cc1ccc(-c2c(C)noc2C)cc1S(=O)(=O)NCCOCCOCCOCCN. The summed E-state index contributed by atoms with van der Waals surface area (Å²) in [7, 11) is -3.68. The van der Waals surface area contributed by atoms with Gasteiger partial charge in [-0.15, -0.1) is 0 Å². The number of ether oxygens (including phenoxy) is 3. The number of nitrogens with one attached hydrogen (secondary N) is 1. The van der Waals surface area contributed by atoms with Crippen LogP contribution < -0.4 is 10.5 Å². The second-order valence-corrected chi connectivity index (χ2v) is 8.44. The van der Waals surface area contributed by atoms with Crippen LogP contribution in [0.3, 0.4) is 0 Å². The molecule has 0 aliphatic carbocycles. The van der Waals surface area contributed by atoms with Gasteiger partial charge in [0, 0.05) is 18.7 Å². The summed E-state index contributed by atoms with van der Waals surface area (Å²) in [6, 6.07) is 5.29. The number of aromatic nitrogens is 1. The van der Waals surface area contributed by atoms with Crippen molar-refractivity contribution in [2.24, 2.45) is 5.73 Å². The van der Waals surface area contributed by atoms with Gasteiger partial charge in [0.1, 0.15) is 5.76 Å². The summed E-state index contributed by atoms with van der Waals surface area (Å²) in [5, 5.41) is 3.94. The average molecular weight is 442 g/mol. The Kier molecular flexibility index (Phi) is 9.89. The Morgan fingerprint density at radius 3 is 2.23 bits per heavy atom. The van der Waals surface area contributed by atoms with Crippen molar-refractivity contribution in [3.8, 4) is 11.1 Å². The fourth-order valence-corrected chi connectivity index (χ4v) is 4.17. The number of nitrogens with zero attached hydrogens (tertiary/aromatic N) is 1. The first-order chi connectivity index (χ1) is 14.4. The summed E-state index contributed by atoms with van der Waals surface area (Å²) in [5.41, 5.74) is 8.25. The van der Waals surface area contributed by atoms with Crippen LogP contribution in [-0.2, 0) is 24.2 Å². The highest BCUT2D eigenvalue weighted by molar-refractivity contribution is 7.89. The van der Waals surface area contributed by atoms with Gasteiger partial charge in [-0.1, -0.05) is 17.3 Å². The molecule has 0 fully saturated rings. The van der Waals surface area contributed by atoms with E-state index in [9.17, 15) is 8.42 Å². The average Bonchev–Trinajstić information content (AvgIpc) is 3.04. The zero-order valence-corrected chi connectivity index (χ0v) is 18.6. The first-order valence-corrected chi connectivity index (χ1v) is 11.3. The highest BCUT2D eigenvalue weighted by Crippen LogP contribution is 2.29. The van der Waals surface area contributed by atoms with E-state index in [0.717, 1.165) is 11.1 Å². The maximum absolute atomic E-state index is 12.8. The van der Waals surface area contributed by atoms with Gasteiger partial charge < -0.3 is 24.5 Å². The third-order valence-electron chi connectivity index (χ3n) is 4.34. The van der Waals surface area contributed by atoms with E-state index >= 15 is 0 Å². The van der Waals surface area contributed by atoms with Crippen LogP contribution in [0.1, 0.15) is 17.0 Å². The fraction of sp³-hybridized carbons (Fsp3) is 0.550.